The van der Waals surface area contributed by atoms with E-state index in [1.54, 1.807) is 17.0 Å². The van der Waals surface area contributed by atoms with Gasteiger partial charge in [-0.2, -0.15) is 5.26 Å². The Bertz CT molecular complexity index is 560. The lowest BCUT2D eigenvalue weighted by Gasteiger charge is -2.18. The summed E-state index contributed by atoms with van der Waals surface area (Å²) in [5.74, 6) is -1.96. The van der Waals surface area contributed by atoms with Crippen molar-refractivity contribution in [1.82, 2.24) is 4.90 Å². The van der Waals surface area contributed by atoms with E-state index in [4.69, 9.17) is 0 Å². The van der Waals surface area contributed by atoms with Gasteiger partial charge in [-0.1, -0.05) is 17.2 Å². The maximum atomic E-state index is 12.4. The van der Waals surface area contributed by atoms with E-state index in [2.05, 4.69) is 0 Å². The van der Waals surface area contributed by atoms with Crippen LogP contribution in [0.15, 0.2) is 18.2 Å². The fourth-order valence-corrected chi connectivity index (χ4v) is 2.63. The summed E-state index contributed by atoms with van der Waals surface area (Å²) in [5, 5.41) is 9.21. The quantitative estimate of drug-likeness (QED) is 0.625. The Hall–Kier alpha value is -2.15. The van der Waals surface area contributed by atoms with E-state index in [1.165, 1.54) is 0 Å². The summed E-state index contributed by atoms with van der Waals surface area (Å²) in [5.41, 5.74) is 2.36. The van der Waals surface area contributed by atoms with Crippen LogP contribution in [-0.4, -0.2) is 29.7 Å². The maximum Gasteiger partial charge on any atom is 0.247 e. The van der Waals surface area contributed by atoms with Crippen molar-refractivity contribution in [1.29, 1.82) is 5.26 Å². The first-order valence-corrected chi connectivity index (χ1v) is 6.84. The molecule has 1 aliphatic heterocycles. The Morgan fingerprint density at radius 3 is 2.20 bits per heavy atom. The van der Waals surface area contributed by atoms with Gasteiger partial charge in [0.15, 0.2) is 11.7 Å². The third-order valence-corrected chi connectivity index (χ3v) is 3.56. The molecule has 0 aromatic heterocycles. The third-order valence-electron chi connectivity index (χ3n) is 3.56. The number of amides is 1. The third kappa shape index (κ3) is 2.88. The number of carbonyl (C=O) groups excluding carboxylic acids is 2. The molecule has 0 aliphatic carbocycles. The molecular weight excluding hydrogens is 252 g/mol. The highest BCUT2D eigenvalue weighted by atomic mass is 16.2. The number of benzene rings is 1. The van der Waals surface area contributed by atoms with E-state index < -0.39 is 11.7 Å². The molecule has 4 heteroatoms. The Morgan fingerprint density at radius 1 is 1.15 bits per heavy atom. The fraction of sp³-hybridized carbons (Fsp3) is 0.438. The molecule has 1 amide bonds. The number of likely N-dealkylation sites (tertiary alicyclic amines) is 1. The summed E-state index contributed by atoms with van der Waals surface area (Å²) in [7, 11) is 0. The summed E-state index contributed by atoms with van der Waals surface area (Å²) >= 11 is 0. The molecule has 1 unspecified atom stereocenters. The summed E-state index contributed by atoms with van der Waals surface area (Å²) in [6.45, 7) is 5.09. The molecule has 1 saturated heterocycles. The number of hydrogen-bond acceptors (Lipinski definition) is 3. The van der Waals surface area contributed by atoms with Gasteiger partial charge in [-0.25, -0.2) is 0 Å². The van der Waals surface area contributed by atoms with Gasteiger partial charge in [0.25, 0.3) is 0 Å². The number of aryl methyl sites for hydroxylation is 2. The van der Waals surface area contributed by atoms with E-state index >= 15 is 0 Å². The number of Topliss-reactive ketones (excluding diaryl/α,β-unsaturated/α-hetero) is 1. The van der Waals surface area contributed by atoms with Gasteiger partial charge in [0.05, 0.1) is 6.07 Å². The second kappa shape index (κ2) is 5.87. The van der Waals surface area contributed by atoms with Crippen LogP contribution in [0.3, 0.4) is 0 Å². The van der Waals surface area contributed by atoms with Gasteiger partial charge in [-0.15, -0.1) is 0 Å². The van der Waals surface area contributed by atoms with Gasteiger partial charge in [-0.05, 0) is 38.8 Å². The number of nitriles is 1. The molecule has 1 fully saturated rings. The van der Waals surface area contributed by atoms with Gasteiger partial charge < -0.3 is 4.90 Å². The van der Waals surface area contributed by atoms with Crippen LogP contribution in [0, 0.1) is 31.1 Å². The van der Waals surface area contributed by atoms with Crippen LogP contribution < -0.4 is 0 Å². The van der Waals surface area contributed by atoms with Crippen LogP contribution in [0.4, 0.5) is 0 Å². The smallest absolute Gasteiger partial charge is 0.247 e. The molecule has 4 nitrogen and oxygen atoms in total. The van der Waals surface area contributed by atoms with Crippen molar-refractivity contribution in [3.63, 3.8) is 0 Å². The van der Waals surface area contributed by atoms with Crippen molar-refractivity contribution >= 4 is 11.7 Å². The molecular formula is C16H18N2O2. The molecule has 0 radical (unpaired) electrons. The molecule has 0 N–H and O–H groups in total. The molecule has 0 bridgehead atoms. The van der Waals surface area contributed by atoms with Gasteiger partial charge in [0, 0.05) is 18.7 Å². The molecule has 20 heavy (non-hydrogen) atoms. The lowest BCUT2D eigenvalue weighted by molar-refractivity contribution is -0.131. The summed E-state index contributed by atoms with van der Waals surface area (Å²) in [6, 6.07) is 7.30. The average Bonchev–Trinajstić information content (AvgIpc) is 2.92. The first-order chi connectivity index (χ1) is 9.52. The highest BCUT2D eigenvalue weighted by Crippen LogP contribution is 2.18. The standard InChI is InChI=1S/C16H18N2O2/c1-11-7-12(2)9-13(8-11)15(19)14(10-17)16(20)18-5-3-4-6-18/h7-9,14H,3-6H2,1-2H3. The second-order valence-electron chi connectivity index (χ2n) is 5.34. The lowest BCUT2D eigenvalue weighted by Crippen LogP contribution is -2.37. The summed E-state index contributed by atoms with van der Waals surface area (Å²) < 4.78 is 0. The normalized spacial score (nSPS) is 15.8. The van der Waals surface area contributed by atoms with E-state index in [0.29, 0.717) is 18.7 Å². The Balaban J connectivity index is 2.24. The zero-order valence-electron chi connectivity index (χ0n) is 11.8. The predicted octanol–water partition coefficient (Wildman–Crippen LogP) is 2.25. The van der Waals surface area contributed by atoms with Crippen molar-refractivity contribution in [3.05, 3.63) is 34.9 Å². The van der Waals surface area contributed by atoms with Crippen LogP contribution in [0.1, 0.15) is 34.3 Å². The van der Waals surface area contributed by atoms with E-state index in [9.17, 15) is 14.9 Å². The minimum absolute atomic E-state index is 0.353. The minimum Gasteiger partial charge on any atom is -0.341 e. The van der Waals surface area contributed by atoms with Crippen LogP contribution in [0.5, 0.6) is 0 Å². The van der Waals surface area contributed by atoms with Crippen molar-refractivity contribution in [2.24, 2.45) is 5.92 Å². The topological polar surface area (TPSA) is 61.2 Å². The van der Waals surface area contributed by atoms with Crippen LogP contribution >= 0.6 is 0 Å². The van der Waals surface area contributed by atoms with E-state index in [-0.39, 0.29) is 5.91 Å². The summed E-state index contributed by atoms with van der Waals surface area (Å²) in [6.07, 6.45) is 1.89. The van der Waals surface area contributed by atoms with Crippen LogP contribution in [0.2, 0.25) is 0 Å². The van der Waals surface area contributed by atoms with Crippen molar-refractivity contribution in [2.45, 2.75) is 26.7 Å². The fourth-order valence-electron chi connectivity index (χ4n) is 2.63. The highest BCUT2D eigenvalue weighted by molar-refractivity contribution is 6.12. The van der Waals surface area contributed by atoms with Crippen molar-refractivity contribution < 1.29 is 9.59 Å². The van der Waals surface area contributed by atoms with Gasteiger partial charge in [0.1, 0.15) is 0 Å². The van der Waals surface area contributed by atoms with Crippen molar-refractivity contribution in [3.8, 4) is 6.07 Å². The summed E-state index contributed by atoms with van der Waals surface area (Å²) in [4.78, 5) is 26.3. The number of carbonyl (C=O) groups is 2. The molecule has 1 atom stereocenters. The van der Waals surface area contributed by atoms with Crippen molar-refractivity contribution in [2.75, 3.05) is 13.1 Å². The van der Waals surface area contributed by atoms with Crippen LogP contribution in [-0.2, 0) is 4.79 Å². The SMILES string of the molecule is Cc1cc(C)cc(C(=O)C(C#N)C(=O)N2CCCC2)c1. The van der Waals surface area contributed by atoms with Crippen LogP contribution in [0.25, 0.3) is 0 Å². The van der Waals surface area contributed by atoms with E-state index in [0.717, 1.165) is 24.0 Å². The second-order valence-corrected chi connectivity index (χ2v) is 5.34. The van der Waals surface area contributed by atoms with Gasteiger partial charge >= 0.3 is 0 Å². The predicted molar refractivity (Wildman–Crippen MR) is 75.2 cm³/mol. The molecule has 2 rings (SSSR count). The number of ketones is 1. The number of nitrogens with zero attached hydrogens (tertiary/aromatic N) is 2. The maximum absolute atomic E-state index is 12.4. The first-order valence-electron chi connectivity index (χ1n) is 6.84. The number of hydrogen-bond donors (Lipinski definition) is 0. The van der Waals surface area contributed by atoms with E-state index in [1.807, 2.05) is 26.0 Å². The molecule has 1 aliphatic rings. The molecule has 0 saturated carbocycles. The largest absolute Gasteiger partial charge is 0.341 e. The lowest BCUT2D eigenvalue weighted by atomic mass is 9.95. The Morgan fingerprint density at radius 2 is 1.70 bits per heavy atom. The van der Waals surface area contributed by atoms with Gasteiger partial charge in [-0.3, -0.25) is 9.59 Å². The molecule has 1 heterocycles. The zero-order chi connectivity index (χ0) is 14.7. The molecule has 0 spiro atoms. The molecule has 104 valence electrons. The highest BCUT2D eigenvalue weighted by Gasteiger charge is 2.32. The minimum atomic E-state index is -1.21. The monoisotopic (exact) mass is 270 g/mol. The Labute approximate surface area is 119 Å². The first kappa shape index (κ1) is 14.3. The Kier molecular flexibility index (Phi) is 4.19. The number of rotatable bonds is 3. The zero-order valence-corrected chi connectivity index (χ0v) is 11.8. The van der Waals surface area contributed by atoms with Gasteiger partial charge in [0.2, 0.25) is 5.91 Å². The molecule has 1 aromatic carbocycles. The molecule has 1 aromatic rings. The average molecular weight is 270 g/mol.